The molecule has 3 heterocycles. The topological polar surface area (TPSA) is 42.1 Å². The van der Waals surface area contributed by atoms with Gasteiger partial charge in [-0.15, -0.1) is 0 Å². The first-order valence-electron chi connectivity index (χ1n) is 12.2. The Kier molecular flexibility index (Phi) is 3.82. The van der Waals surface area contributed by atoms with Crippen molar-refractivity contribution in [2.45, 2.75) is 96.8 Å². The SMILES string of the molecule is CC1(C)C[C@H]2C[C@@](C)(CN2C[C@H]2C(=O)O[C@@H]3C[C@@]4(C)CCC[C@]5(CO5)[C@@H]4C[C@@H]32)C1. The zero-order valence-corrected chi connectivity index (χ0v) is 18.8. The van der Waals surface area contributed by atoms with E-state index >= 15 is 0 Å². The summed E-state index contributed by atoms with van der Waals surface area (Å²) in [5.41, 5.74) is 1.30. The predicted octanol–water partition coefficient (Wildman–Crippen LogP) is 4.41. The molecule has 4 nitrogen and oxygen atoms in total. The number of hydrogen-bond donors (Lipinski definition) is 0. The van der Waals surface area contributed by atoms with Crippen LogP contribution >= 0.6 is 0 Å². The third-order valence-corrected chi connectivity index (χ3v) is 10.0. The van der Waals surface area contributed by atoms with Gasteiger partial charge in [0.05, 0.1) is 18.1 Å². The van der Waals surface area contributed by atoms with Crippen LogP contribution < -0.4 is 0 Å². The van der Waals surface area contributed by atoms with E-state index < -0.39 is 0 Å². The van der Waals surface area contributed by atoms with Gasteiger partial charge in [0, 0.05) is 25.0 Å². The van der Waals surface area contributed by atoms with Crippen molar-refractivity contribution in [3.05, 3.63) is 0 Å². The predicted molar refractivity (Wildman–Crippen MR) is 111 cm³/mol. The van der Waals surface area contributed by atoms with Crippen molar-refractivity contribution >= 4 is 5.97 Å². The molecule has 2 bridgehead atoms. The van der Waals surface area contributed by atoms with Gasteiger partial charge in [-0.3, -0.25) is 9.69 Å². The standard InChI is InChI=1S/C25H39NO3/c1-22(2)9-16-10-23(3,13-22)14-26(16)12-18-17-8-20-24(4,11-19(17)29-21(18)27)6-5-7-25(20)15-28-25/h16-20H,5-15H2,1-4H3/t16-,17+,18+,19+,20+,23+,24+,25-/m0/s1. The number of hydrogen-bond acceptors (Lipinski definition) is 4. The van der Waals surface area contributed by atoms with Gasteiger partial charge in [-0.2, -0.15) is 0 Å². The lowest BCUT2D eigenvalue weighted by molar-refractivity contribution is -0.147. The number of epoxide rings is 1. The van der Waals surface area contributed by atoms with Gasteiger partial charge in [0.1, 0.15) is 6.10 Å². The monoisotopic (exact) mass is 401 g/mol. The van der Waals surface area contributed by atoms with Crippen molar-refractivity contribution in [3.8, 4) is 0 Å². The van der Waals surface area contributed by atoms with Crippen LogP contribution in [0, 0.1) is 34.0 Å². The van der Waals surface area contributed by atoms with E-state index in [0.717, 1.165) is 32.5 Å². The van der Waals surface area contributed by atoms with Crippen molar-refractivity contribution in [2.75, 3.05) is 19.7 Å². The zero-order valence-electron chi connectivity index (χ0n) is 18.8. The molecule has 0 N–H and O–H groups in total. The van der Waals surface area contributed by atoms with Gasteiger partial charge in [0.15, 0.2) is 0 Å². The van der Waals surface area contributed by atoms with E-state index in [9.17, 15) is 4.79 Å². The highest BCUT2D eigenvalue weighted by Crippen LogP contribution is 2.63. The average molecular weight is 402 g/mol. The van der Waals surface area contributed by atoms with Crippen LogP contribution in [0.2, 0.25) is 0 Å². The van der Waals surface area contributed by atoms with E-state index in [1.807, 2.05) is 0 Å². The Bertz CT molecular complexity index is 730. The Morgan fingerprint density at radius 3 is 2.66 bits per heavy atom. The van der Waals surface area contributed by atoms with Crippen molar-refractivity contribution in [3.63, 3.8) is 0 Å². The summed E-state index contributed by atoms with van der Waals surface area (Å²) in [5.74, 6) is 1.20. The first-order chi connectivity index (χ1) is 13.6. The molecule has 4 heteroatoms. The number of likely N-dealkylation sites (tertiary alicyclic amines) is 1. The molecular weight excluding hydrogens is 362 g/mol. The van der Waals surface area contributed by atoms with Crippen LogP contribution in [-0.4, -0.2) is 48.3 Å². The molecule has 6 fully saturated rings. The van der Waals surface area contributed by atoms with Gasteiger partial charge in [-0.05, 0) is 73.5 Å². The molecule has 29 heavy (non-hydrogen) atoms. The van der Waals surface area contributed by atoms with E-state index in [1.165, 1.54) is 38.5 Å². The second-order valence-electron chi connectivity index (χ2n) is 13.2. The second-order valence-corrected chi connectivity index (χ2v) is 13.2. The van der Waals surface area contributed by atoms with E-state index in [2.05, 4.69) is 32.6 Å². The molecule has 0 amide bonds. The summed E-state index contributed by atoms with van der Waals surface area (Å²) in [6.07, 6.45) is 10.0. The summed E-state index contributed by atoms with van der Waals surface area (Å²) in [5, 5.41) is 0. The number of esters is 1. The number of nitrogens with zero attached hydrogens (tertiary/aromatic N) is 1. The molecule has 0 aromatic carbocycles. The molecule has 1 spiro atoms. The van der Waals surface area contributed by atoms with E-state index in [-0.39, 0.29) is 23.6 Å². The molecule has 8 atom stereocenters. The average Bonchev–Trinajstić information content (AvgIpc) is 3.23. The number of fused-ring (bicyclic) bond motifs is 5. The highest BCUT2D eigenvalue weighted by Gasteiger charge is 2.65. The lowest BCUT2D eigenvalue weighted by Crippen LogP contribution is -2.51. The summed E-state index contributed by atoms with van der Waals surface area (Å²) in [6, 6.07) is 0.650. The molecule has 0 aromatic heterocycles. The maximum absolute atomic E-state index is 13.0. The van der Waals surface area contributed by atoms with Crippen LogP contribution in [0.3, 0.4) is 0 Å². The molecule has 0 aromatic rings. The second kappa shape index (κ2) is 5.79. The van der Waals surface area contributed by atoms with Crippen LogP contribution in [0.25, 0.3) is 0 Å². The fraction of sp³-hybridized carbons (Fsp3) is 0.960. The minimum Gasteiger partial charge on any atom is -0.462 e. The Labute approximate surface area is 176 Å². The lowest BCUT2D eigenvalue weighted by atomic mass is 9.53. The van der Waals surface area contributed by atoms with Crippen molar-refractivity contribution in [2.24, 2.45) is 34.0 Å². The van der Waals surface area contributed by atoms with E-state index in [4.69, 9.17) is 9.47 Å². The third kappa shape index (κ3) is 2.87. The van der Waals surface area contributed by atoms with Crippen LogP contribution in [0.5, 0.6) is 0 Å². The normalized spacial score (nSPS) is 55.4. The summed E-state index contributed by atoms with van der Waals surface area (Å²) in [7, 11) is 0. The maximum Gasteiger partial charge on any atom is 0.310 e. The summed E-state index contributed by atoms with van der Waals surface area (Å²) >= 11 is 0. The van der Waals surface area contributed by atoms with Gasteiger partial charge in [-0.1, -0.05) is 27.7 Å². The Morgan fingerprint density at radius 1 is 1.10 bits per heavy atom. The molecule has 6 rings (SSSR count). The summed E-state index contributed by atoms with van der Waals surface area (Å²) in [6.45, 7) is 12.8. The van der Waals surface area contributed by atoms with Crippen molar-refractivity contribution in [1.29, 1.82) is 0 Å². The Hall–Kier alpha value is -0.610. The molecule has 3 saturated carbocycles. The lowest BCUT2D eigenvalue weighted by Gasteiger charge is -2.51. The van der Waals surface area contributed by atoms with Crippen LogP contribution in [0.1, 0.15) is 79.1 Å². The maximum atomic E-state index is 13.0. The molecule has 3 saturated heterocycles. The van der Waals surface area contributed by atoms with Gasteiger partial charge in [-0.25, -0.2) is 0 Å². The molecule has 162 valence electrons. The number of carbonyl (C=O) groups is 1. The van der Waals surface area contributed by atoms with Gasteiger partial charge in [0.2, 0.25) is 0 Å². The first kappa shape index (κ1) is 19.1. The molecule has 0 unspecified atom stereocenters. The third-order valence-electron chi connectivity index (χ3n) is 10.0. The first-order valence-corrected chi connectivity index (χ1v) is 12.2. The molecule has 3 aliphatic carbocycles. The Morgan fingerprint density at radius 2 is 1.90 bits per heavy atom. The molecule has 3 aliphatic heterocycles. The van der Waals surface area contributed by atoms with E-state index in [0.29, 0.717) is 34.1 Å². The smallest absolute Gasteiger partial charge is 0.310 e. The zero-order chi connectivity index (χ0) is 20.2. The number of ether oxygens (including phenoxy) is 2. The minimum atomic E-state index is 0.0772. The number of rotatable bonds is 2. The van der Waals surface area contributed by atoms with Crippen LogP contribution in [0.15, 0.2) is 0 Å². The van der Waals surface area contributed by atoms with Crippen molar-refractivity contribution in [1.82, 2.24) is 4.90 Å². The molecule has 0 radical (unpaired) electrons. The number of carbonyl (C=O) groups excluding carboxylic acids is 1. The van der Waals surface area contributed by atoms with Gasteiger partial charge >= 0.3 is 5.97 Å². The van der Waals surface area contributed by atoms with Gasteiger partial charge in [0.25, 0.3) is 0 Å². The quantitative estimate of drug-likeness (QED) is 0.508. The van der Waals surface area contributed by atoms with E-state index in [1.54, 1.807) is 0 Å². The highest BCUT2D eigenvalue weighted by atomic mass is 16.6. The minimum absolute atomic E-state index is 0.0772. The molecular formula is C25H39NO3. The van der Waals surface area contributed by atoms with Crippen LogP contribution in [0.4, 0.5) is 0 Å². The van der Waals surface area contributed by atoms with Crippen LogP contribution in [-0.2, 0) is 14.3 Å². The Balaban J connectivity index is 1.22. The summed E-state index contributed by atoms with van der Waals surface area (Å²) < 4.78 is 12.1. The fourth-order valence-corrected chi connectivity index (χ4v) is 9.21. The van der Waals surface area contributed by atoms with Crippen molar-refractivity contribution < 1.29 is 14.3 Å². The fourth-order valence-electron chi connectivity index (χ4n) is 9.21. The summed E-state index contributed by atoms with van der Waals surface area (Å²) in [4.78, 5) is 15.7. The largest absolute Gasteiger partial charge is 0.462 e. The molecule has 6 aliphatic rings. The van der Waals surface area contributed by atoms with Gasteiger partial charge < -0.3 is 9.47 Å². The highest BCUT2D eigenvalue weighted by molar-refractivity contribution is 5.75.